The summed E-state index contributed by atoms with van der Waals surface area (Å²) in [4.78, 5) is 28.7. The second-order valence-corrected chi connectivity index (χ2v) is 6.90. The monoisotopic (exact) mass is 380 g/mol. The van der Waals surface area contributed by atoms with Crippen LogP contribution in [0.3, 0.4) is 0 Å². The van der Waals surface area contributed by atoms with E-state index in [0.717, 1.165) is 20.8 Å². The SMILES string of the molecule is CCOC(=O)CC(NC(=O)/C=C/c1nc2ccccc2s1)c1ccccc1. The lowest BCUT2D eigenvalue weighted by molar-refractivity contribution is -0.143. The fourth-order valence-corrected chi connectivity index (χ4v) is 3.52. The minimum absolute atomic E-state index is 0.0819. The predicted octanol–water partition coefficient (Wildman–Crippen LogP) is 4.12. The Morgan fingerprint density at radius 2 is 1.89 bits per heavy atom. The number of para-hydroxylation sites is 1. The number of nitrogens with zero attached hydrogens (tertiary/aromatic N) is 1. The first kappa shape index (κ1) is 18.8. The molecule has 1 unspecified atom stereocenters. The van der Waals surface area contributed by atoms with Crippen molar-refractivity contribution in [3.05, 3.63) is 71.2 Å². The van der Waals surface area contributed by atoms with E-state index in [-0.39, 0.29) is 18.3 Å². The van der Waals surface area contributed by atoms with Crippen LogP contribution in [0.15, 0.2) is 60.7 Å². The van der Waals surface area contributed by atoms with Crippen LogP contribution in [0, 0.1) is 0 Å². The Bertz CT molecular complexity index is 917. The van der Waals surface area contributed by atoms with E-state index < -0.39 is 6.04 Å². The summed E-state index contributed by atoms with van der Waals surface area (Å²) in [5, 5.41) is 3.63. The van der Waals surface area contributed by atoms with Gasteiger partial charge < -0.3 is 10.1 Å². The lowest BCUT2D eigenvalue weighted by atomic mass is 10.0. The zero-order valence-electron chi connectivity index (χ0n) is 14.9. The first-order valence-corrected chi connectivity index (χ1v) is 9.52. The van der Waals surface area contributed by atoms with E-state index >= 15 is 0 Å². The third-order valence-corrected chi connectivity index (χ3v) is 4.88. The molecule has 0 spiro atoms. The maximum absolute atomic E-state index is 12.4. The van der Waals surface area contributed by atoms with Gasteiger partial charge in [-0.1, -0.05) is 42.5 Å². The van der Waals surface area contributed by atoms with Crippen LogP contribution in [0.2, 0.25) is 0 Å². The molecule has 0 saturated carbocycles. The van der Waals surface area contributed by atoms with Crippen molar-refractivity contribution >= 4 is 39.5 Å². The smallest absolute Gasteiger partial charge is 0.308 e. The van der Waals surface area contributed by atoms with E-state index in [4.69, 9.17) is 4.74 Å². The molecule has 1 aromatic heterocycles. The number of ether oxygens (including phenoxy) is 1. The number of fused-ring (bicyclic) bond motifs is 1. The van der Waals surface area contributed by atoms with Crippen molar-refractivity contribution in [2.24, 2.45) is 0 Å². The summed E-state index contributed by atoms with van der Waals surface area (Å²) in [5.74, 6) is -0.630. The number of benzene rings is 2. The van der Waals surface area contributed by atoms with Crippen molar-refractivity contribution in [2.75, 3.05) is 6.61 Å². The molecule has 0 fully saturated rings. The third-order valence-electron chi connectivity index (χ3n) is 3.88. The molecule has 6 heteroatoms. The van der Waals surface area contributed by atoms with Crippen LogP contribution in [0.4, 0.5) is 0 Å². The van der Waals surface area contributed by atoms with E-state index in [2.05, 4.69) is 10.3 Å². The number of esters is 1. The quantitative estimate of drug-likeness (QED) is 0.494. The van der Waals surface area contributed by atoms with Crippen molar-refractivity contribution in [1.82, 2.24) is 10.3 Å². The van der Waals surface area contributed by atoms with Gasteiger partial charge in [-0.05, 0) is 30.7 Å². The van der Waals surface area contributed by atoms with Crippen LogP contribution in [0.1, 0.15) is 30.0 Å². The average Bonchev–Trinajstić information content (AvgIpc) is 3.10. The van der Waals surface area contributed by atoms with Crippen molar-refractivity contribution in [1.29, 1.82) is 0 Å². The molecule has 0 bridgehead atoms. The van der Waals surface area contributed by atoms with Crippen LogP contribution in [-0.4, -0.2) is 23.5 Å². The molecule has 1 atom stereocenters. The van der Waals surface area contributed by atoms with Gasteiger partial charge in [0.05, 0.1) is 29.3 Å². The Balaban J connectivity index is 1.70. The zero-order chi connectivity index (χ0) is 19.1. The van der Waals surface area contributed by atoms with Crippen LogP contribution in [0.25, 0.3) is 16.3 Å². The second-order valence-electron chi connectivity index (χ2n) is 5.83. The predicted molar refractivity (Wildman–Crippen MR) is 107 cm³/mol. The Hall–Kier alpha value is -2.99. The summed E-state index contributed by atoms with van der Waals surface area (Å²) >= 11 is 1.52. The fourth-order valence-electron chi connectivity index (χ4n) is 2.65. The van der Waals surface area contributed by atoms with Crippen molar-refractivity contribution in [2.45, 2.75) is 19.4 Å². The van der Waals surface area contributed by atoms with Gasteiger partial charge >= 0.3 is 5.97 Å². The summed E-state index contributed by atoms with van der Waals surface area (Å²) in [5.41, 5.74) is 1.76. The van der Waals surface area contributed by atoms with Crippen LogP contribution < -0.4 is 5.32 Å². The molecule has 0 radical (unpaired) electrons. The molecule has 3 rings (SSSR count). The van der Waals surface area contributed by atoms with Gasteiger partial charge in [0.25, 0.3) is 0 Å². The second kappa shape index (κ2) is 9.09. The number of amides is 1. The summed E-state index contributed by atoms with van der Waals surface area (Å²) in [7, 11) is 0. The summed E-state index contributed by atoms with van der Waals surface area (Å²) in [6.45, 7) is 2.07. The maximum Gasteiger partial charge on any atom is 0.308 e. The first-order chi connectivity index (χ1) is 13.2. The minimum atomic E-state index is -0.447. The zero-order valence-corrected chi connectivity index (χ0v) is 15.7. The van der Waals surface area contributed by atoms with E-state index in [1.54, 1.807) is 13.0 Å². The molecular weight excluding hydrogens is 360 g/mol. The lowest BCUT2D eigenvalue weighted by Gasteiger charge is -2.17. The molecule has 1 amide bonds. The van der Waals surface area contributed by atoms with E-state index in [1.807, 2.05) is 54.6 Å². The van der Waals surface area contributed by atoms with Gasteiger partial charge in [-0.25, -0.2) is 4.98 Å². The molecule has 0 aliphatic heterocycles. The fraction of sp³-hybridized carbons (Fsp3) is 0.190. The van der Waals surface area contributed by atoms with Crippen molar-refractivity contribution in [3.8, 4) is 0 Å². The van der Waals surface area contributed by atoms with Gasteiger partial charge in [-0.15, -0.1) is 11.3 Å². The van der Waals surface area contributed by atoms with Gasteiger partial charge in [0.1, 0.15) is 5.01 Å². The van der Waals surface area contributed by atoms with Crippen LogP contribution in [0.5, 0.6) is 0 Å². The third kappa shape index (κ3) is 5.24. The van der Waals surface area contributed by atoms with Gasteiger partial charge in [0, 0.05) is 6.08 Å². The molecule has 5 nitrogen and oxygen atoms in total. The van der Waals surface area contributed by atoms with Crippen LogP contribution >= 0.6 is 11.3 Å². The number of carbonyl (C=O) groups excluding carboxylic acids is 2. The Labute approximate surface area is 161 Å². The molecular formula is C21H20N2O3S. The highest BCUT2D eigenvalue weighted by molar-refractivity contribution is 7.19. The van der Waals surface area contributed by atoms with Crippen molar-refractivity contribution in [3.63, 3.8) is 0 Å². The number of rotatable bonds is 7. The number of hydrogen-bond donors (Lipinski definition) is 1. The van der Waals surface area contributed by atoms with E-state index in [9.17, 15) is 9.59 Å². The molecule has 1 heterocycles. The Morgan fingerprint density at radius 1 is 1.15 bits per heavy atom. The van der Waals surface area contributed by atoms with Crippen LogP contribution in [-0.2, 0) is 14.3 Å². The molecule has 2 aromatic carbocycles. The average molecular weight is 380 g/mol. The molecule has 138 valence electrons. The summed E-state index contributed by atoms with van der Waals surface area (Å²) < 4.78 is 6.09. The molecule has 0 aliphatic rings. The number of thiazole rings is 1. The van der Waals surface area contributed by atoms with Gasteiger partial charge in [0.15, 0.2) is 0 Å². The highest BCUT2D eigenvalue weighted by Gasteiger charge is 2.18. The van der Waals surface area contributed by atoms with E-state index in [0.29, 0.717) is 6.61 Å². The van der Waals surface area contributed by atoms with Gasteiger partial charge in [0.2, 0.25) is 5.91 Å². The van der Waals surface area contributed by atoms with Crippen molar-refractivity contribution < 1.29 is 14.3 Å². The van der Waals surface area contributed by atoms with Gasteiger partial charge in [-0.3, -0.25) is 9.59 Å². The van der Waals surface area contributed by atoms with E-state index in [1.165, 1.54) is 17.4 Å². The standard InChI is InChI=1S/C21H20N2O3S/c1-2-26-21(25)14-17(15-8-4-3-5-9-15)22-19(24)12-13-20-23-16-10-6-7-11-18(16)27-20/h3-13,17H,2,14H2,1H3,(H,22,24)/b13-12+. The first-order valence-electron chi connectivity index (χ1n) is 8.70. The summed E-state index contributed by atoms with van der Waals surface area (Å²) in [6, 6.07) is 16.8. The summed E-state index contributed by atoms with van der Waals surface area (Å²) in [6.07, 6.45) is 3.21. The normalized spacial score (nSPS) is 12.2. The largest absolute Gasteiger partial charge is 0.466 e. The van der Waals surface area contributed by atoms with Gasteiger partial charge in [-0.2, -0.15) is 0 Å². The molecule has 27 heavy (non-hydrogen) atoms. The maximum atomic E-state index is 12.4. The molecule has 3 aromatic rings. The minimum Gasteiger partial charge on any atom is -0.466 e. The number of hydrogen-bond acceptors (Lipinski definition) is 5. The highest BCUT2D eigenvalue weighted by Crippen LogP contribution is 2.22. The lowest BCUT2D eigenvalue weighted by Crippen LogP contribution is -2.29. The highest BCUT2D eigenvalue weighted by atomic mass is 32.1. The molecule has 1 N–H and O–H groups in total. The number of aromatic nitrogens is 1. The Morgan fingerprint density at radius 3 is 2.63 bits per heavy atom. The Kier molecular flexibility index (Phi) is 6.33. The number of nitrogens with one attached hydrogen (secondary N) is 1. The topological polar surface area (TPSA) is 68.3 Å². The molecule has 0 aliphatic carbocycles. The molecule has 0 saturated heterocycles. The number of carbonyl (C=O) groups is 2.